The first-order valence-corrected chi connectivity index (χ1v) is 11.5. The summed E-state index contributed by atoms with van der Waals surface area (Å²) in [5, 5.41) is 9.62. The smallest absolute Gasteiger partial charge is 0.218 e. The second-order valence-corrected chi connectivity index (χ2v) is 8.74. The Morgan fingerprint density at radius 2 is 1.07 bits per heavy atom. The normalized spacial score (nSPS) is 30.2. The average molecular weight is 496 g/mol. The Morgan fingerprint density at radius 1 is 0.679 bits per heavy atom. The first kappa shape index (κ1) is 25.4. The van der Waals surface area contributed by atoms with E-state index in [1.54, 1.807) is 0 Å². The fourth-order valence-electron chi connectivity index (χ4n) is 1.92. The molecule has 168 valence electrons. The number of ether oxygens (including phenoxy) is 1. The van der Waals surface area contributed by atoms with E-state index in [0.717, 1.165) is 0 Å². The van der Waals surface area contributed by atoms with Crippen molar-refractivity contribution in [3.05, 3.63) is 0 Å². The number of aliphatic hydroxyl groups excluding tert-OH is 1. The molecule has 0 spiro atoms. The Hall–Kier alpha value is -0.600. The van der Waals surface area contributed by atoms with E-state index in [1.165, 1.54) is 0 Å². The van der Waals surface area contributed by atoms with Gasteiger partial charge in [0, 0.05) is 0 Å². The highest BCUT2D eigenvalue weighted by molar-refractivity contribution is 7.81. The van der Waals surface area contributed by atoms with E-state index in [0.29, 0.717) is 0 Å². The zero-order chi connectivity index (χ0) is 22.1. The molecule has 18 nitrogen and oxygen atoms in total. The van der Waals surface area contributed by atoms with Gasteiger partial charge in [0.25, 0.3) is 0 Å². The van der Waals surface area contributed by atoms with Crippen LogP contribution >= 0.6 is 0 Å². The van der Waals surface area contributed by atoms with Gasteiger partial charge in [0.2, 0.25) is 41.6 Å². The molecule has 1 aliphatic heterocycles. The molecule has 1 heterocycles. The Morgan fingerprint density at radius 3 is 1.46 bits per heavy atom. The molecule has 22 heteroatoms. The summed E-state index contributed by atoms with van der Waals surface area (Å²) in [4.78, 5) is 0. The van der Waals surface area contributed by atoms with Gasteiger partial charge in [0.1, 0.15) is 18.3 Å². The molecule has 0 aromatic rings. The fourth-order valence-corrected chi connectivity index (χ4v) is 3.69. The Bertz CT molecular complexity index is 959. The molecule has 0 aromatic carbocycles. The van der Waals surface area contributed by atoms with Crippen molar-refractivity contribution in [2.75, 3.05) is 6.61 Å². The molecule has 1 saturated heterocycles. The summed E-state index contributed by atoms with van der Waals surface area (Å²) >= 11 is 0. The molecule has 1 fully saturated rings. The van der Waals surface area contributed by atoms with Gasteiger partial charge in [-0.15, -0.1) is 0 Å². The first-order valence-electron chi connectivity index (χ1n) is 6.13. The van der Waals surface area contributed by atoms with E-state index in [4.69, 9.17) is 0 Å². The van der Waals surface area contributed by atoms with Crippen molar-refractivity contribution in [3.8, 4) is 0 Å². The van der Waals surface area contributed by atoms with Crippen molar-refractivity contribution in [2.45, 2.75) is 30.7 Å². The minimum atomic E-state index is -5.88. The van der Waals surface area contributed by atoms with Crippen LogP contribution in [0.15, 0.2) is 0 Å². The lowest BCUT2D eigenvalue weighted by Crippen LogP contribution is -2.62. The molecule has 0 bridgehead atoms. The van der Waals surface area contributed by atoms with Crippen LogP contribution in [0.1, 0.15) is 0 Å². The van der Waals surface area contributed by atoms with Crippen LogP contribution in [0.4, 0.5) is 0 Å². The second-order valence-electron chi connectivity index (χ2n) is 4.67. The van der Waals surface area contributed by atoms with Crippen LogP contribution in [-0.2, 0) is 63.1 Å². The number of hydrogen-bond donors (Lipinski definition) is 1. The minimum absolute atomic E-state index is 1.54. The second kappa shape index (κ2) is 8.64. The molecule has 0 aromatic heterocycles. The Balaban J connectivity index is 3.42. The van der Waals surface area contributed by atoms with Crippen molar-refractivity contribution in [1.82, 2.24) is 0 Å². The summed E-state index contributed by atoms with van der Waals surface area (Å²) in [6.07, 6.45) is -13.5. The third kappa shape index (κ3) is 9.27. The van der Waals surface area contributed by atoms with E-state index < -0.39 is 78.9 Å². The summed E-state index contributed by atoms with van der Waals surface area (Å²) in [6, 6.07) is 0. The zero-order valence-corrected chi connectivity index (χ0v) is 15.9. The van der Waals surface area contributed by atoms with Crippen molar-refractivity contribution in [1.29, 1.82) is 0 Å². The predicted octanol–water partition coefficient (Wildman–Crippen LogP) is -5.28. The Labute approximate surface area is 157 Å². The summed E-state index contributed by atoms with van der Waals surface area (Å²) in [6.45, 7) is -1.54. The van der Waals surface area contributed by atoms with Crippen LogP contribution < -0.4 is 0 Å². The largest absolute Gasteiger partial charge is 0.726 e. The highest BCUT2D eigenvalue weighted by atomic mass is 32.3. The highest BCUT2D eigenvalue weighted by Crippen LogP contribution is 2.30. The summed E-state index contributed by atoms with van der Waals surface area (Å²) < 4.78 is 148. The van der Waals surface area contributed by atoms with Crippen LogP contribution in [0.25, 0.3) is 0 Å². The first-order chi connectivity index (χ1) is 12.3. The molecule has 28 heavy (non-hydrogen) atoms. The molecular weight excluding hydrogens is 488 g/mol. The van der Waals surface area contributed by atoms with Gasteiger partial charge < -0.3 is 28.1 Å². The monoisotopic (exact) mass is 496 g/mol. The van der Waals surface area contributed by atoms with Gasteiger partial charge in [-0.3, -0.25) is 16.7 Å². The lowest BCUT2D eigenvalue weighted by atomic mass is 9.99. The molecule has 1 N–H and O–H groups in total. The molecule has 0 aliphatic carbocycles. The SMILES string of the molecule is O=S(=O)([O-])OC[C@H]1O[C@H](O)[C@H](OS(=O)(=O)[O-])[C@@H](OS(=O)(=O)[O-])[C@@H]1OS(=O)(=O)[O-]. The van der Waals surface area contributed by atoms with Crippen LogP contribution in [0.5, 0.6) is 0 Å². The third-order valence-corrected chi connectivity index (χ3v) is 4.47. The minimum Gasteiger partial charge on any atom is -0.726 e. The lowest BCUT2D eigenvalue weighted by Gasteiger charge is -2.43. The maximum absolute atomic E-state index is 10.8. The maximum atomic E-state index is 10.8. The van der Waals surface area contributed by atoms with Crippen LogP contribution in [0.2, 0.25) is 0 Å². The molecule has 5 atom stereocenters. The fraction of sp³-hybridized carbons (Fsp3) is 1.00. The number of rotatable bonds is 9. The molecule has 1 rings (SSSR count). The van der Waals surface area contributed by atoms with Gasteiger partial charge in [-0.2, -0.15) is 0 Å². The van der Waals surface area contributed by atoms with Gasteiger partial charge >= 0.3 is 0 Å². The van der Waals surface area contributed by atoms with Gasteiger partial charge in [-0.05, 0) is 0 Å². The standard InChI is InChI=1S/C6H12O18S4/c7-6-5(24-28(17,18)19)4(23-27(14,15)16)3(22-26(11,12)13)2(21-6)1-20-25(8,9)10/h2-7H,1H2,(H,8,9,10)(H,11,12,13)(H,14,15,16)(H,17,18,19)/p-4/t2-,3-,4+,5-,6+/m1/s1. The van der Waals surface area contributed by atoms with E-state index >= 15 is 0 Å². The maximum Gasteiger partial charge on any atom is 0.218 e. The van der Waals surface area contributed by atoms with Gasteiger partial charge in [0.15, 0.2) is 12.4 Å². The average Bonchev–Trinajstić information content (AvgIpc) is 2.39. The van der Waals surface area contributed by atoms with Gasteiger partial charge in [-0.25, -0.2) is 33.7 Å². The highest BCUT2D eigenvalue weighted by Gasteiger charge is 2.51. The molecule has 0 amide bonds. The zero-order valence-electron chi connectivity index (χ0n) is 12.6. The van der Waals surface area contributed by atoms with Crippen molar-refractivity contribution in [3.63, 3.8) is 0 Å². The molecule has 1 aliphatic rings. The van der Waals surface area contributed by atoms with Gasteiger partial charge in [-0.1, -0.05) is 0 Å². The summed E-state index contributed by atoms with van der Waals surface area (Å²) in [5.74, 6) is 0. The van der Waals surface area contributed by atoms with Crippen LogP contribution in [0, 0.1) is 0 Å². The summed E-state index contributed by atoms with van der Waals surface area (Å²) in [5.41, 5.74) is 0. The third-order valence-electron chi connectivity index (χ3n) is 2.67. The predicted molar refractivity (Wildman–Crippen MR) is 70.2 cm³/mol. The number of hydrogen-bond acceptors (Lipinski definition) is 18. The Kier molecular flexibility index (Phi) is 7.85. The molecule has 0 unspecified atom stereocenters. The van der Waals surface area contributed by atoms with Gasteiger partial charge in [0.05, 0.1) is 6.61 Å². The summed E-state index contributed by atoms with van der Waals surface area (Å²) in [7, 11) is -23.0. The molecular formula is C6H8O18S4-4. The van der Waals surface area contributed by atoms with E-state index in [-0.39, 0.29) is 0 Å². The lowest BCUT2D eigenvalue weighted by molar-refractivity contribution is -0.270. The van der Waals surface area contributed by atoms with E-state index in [1.807, 2.05) is 0 Å². The van der Waals surface area contributed by atoms with Crippen molar-refractivity contribution < 1.29 is 78.5 Å². The quantitative estimate of drug-likeness (QED) is 0.230. The van der Waals surface area contributed by atoms with Crippen LogP contribution in [-0.4, -0.2) is 94.3 Å². The van der Waals surface area contributed by atoms with E-state index in [2.05, 4.69) is 21.5 Å². The topological polar surface area (TPSA) is 295 Å². The van der Waals surface area contributed by atoms with E-state index in [9.17, 15) is 57.0 Å². The number of aliphatic hydroxyl groups is 1. The van der Waals surface area contributed by atoms with Crippen molar-refractivity contribution in [2.24, 2.45) is 0 Å². The molecule has 0 radical (unpaired) electrons. The van der Waals surface area contributed by atoms with Crippen molar-refractivity contribution >= 4 is 41.6 Å². The van der Waals surface area contributed by atoms with Crippen LogP contribution in [0.3, 0.4) is 0 Å². The molecule has 0 saturated carbocycles.